The largest absolute Gasteiger partial charge is 0.356 e. The molecule has 7 nitrogen and oxygen atoms in total. The summed E-state index contributed by atoms with van der Waals surface area (Å²) >= 11 is 0. The summed E-state index contributed by atoms with van der Waals surface area (Å²) in [6.07, 6.45) is 2.42. The van der Waals surface area contributed by atoms with Gasteiger partial charge in [-0.3, -0.25) is 9.59 Å². The van der Waals surface area contributed by atoms with Crippen LogP contribution in [-0.2, 0) is 9.59 Å². The number of rotatable bonds is 9. The Kier molecular flexibility index (Phi) is 8.72. The van der Waals surface area contributed by atoms with E-state index in [0.29, 0.717) is 6.54 Å². The SMILES string of the molecule is CNC(CCCCNC(=O)CN=[N+]=[N-])C(C)=O. The predicted octanol–water partition coefficient (Wildman–Crippen LogP) is 0.760. The fraction of sp³-hybridized carbons (Fsp3) is 0.800. The third-order valence-electron chi connectivity index (χ3n) is 2.36. The Bertz CT molecular complexity index is 299. The molecule has 0 aliphatic rings. The van der Waals surface area contributed by atoms with E-state index in [1.165, 1.54) is 0 Å². The van der Waals surface area contributed by atoms with Crippen molar-refractivity contribution >= 4 is 11.7 Å². The molecule has 0 saturated carbocycles. The van der Waals surface area contributed by atoms with E-state index < -0.39 is 0 Å². The van der Waals surface area contributed by atoms with Crippen LogP contribution in [0.5, 0.6) is 0 Å². The second-order valence-electron chi connectivity index (χ2n) is 3.69. The molecule has 2 N–H and O–H groups in total. The average molecular weight is 241 g/mol. The molecule has 0 heterocycles. The second-order valence-corrected chi connectivity index (χ2v) is 3.69. The number of carbonyl (C=O) groups excluding carboxylic acids is 2. The topological polar surface area (TPSA) is 107 Å². The minimum atomic E-state index is -0.278. The number of Topliss-reactive ketones (excluding diaryl/α,β-unsaturated/α-hetero) is 1. The maximum atomic E-state index is 11.1. The molecule has 0 aromatic carbocycles. The van der Waals surface area contributed by atoms with Crippen molar-refractivity contribution in [3.05, 3.63) is 10.4 Å². The smallest absolute Gasteiger partial charge is 0.225 e. The average Bonchev–Trinajstić information content (AvgIpc) is 2.30. The Hall–Kier alpha value is -1.59. The first-order valence-corrected chi connectivity index (χ1v) is 5.57. The summed E-state index contributed by atoms with van der Waals surface area (Å²) in [5, 5.41) is 8.72. The highest BCUT2D eigenvalue weighted by atomic mass is 16.2. The van der Waals surface area contributed by atoms with Crippen LogP contribution in [0, 0.1) is 0 Å². The number of ketones is 1. The van der Waals surface area contributed by atoms with Crippen LogP contribution in [0.15, 0.2) is 5.11 Å². The normalized spacial score (nSPS) is 11.4. The zero-order chi connectivity index (χ0) is 13.1. The van der Waals surface area contributed by atoms with Crippen molar-refractivity contribution in [3.63, 3.8) is 0 Å². The van der Waals surface area contributed by atoms with Gasteiger partial charge in [0, 0.05) is 11.5 Å². The summed E-state index contributed by atoms with van der Waals surface area (Å²) < 4.78 is 0. The lowest BCUT2D eigenvalue weighted by Crippen LogP contribution is -2.32. The highest BCUT2D eigenvalue weighted by Gasteiger charge is 2.10. The predicted molar refractivity (Wildman–Crippen MR) is 64.4 cm³/mol. The lowest BCUT2D eigenvalue weighted by atomic mass is 10.1. The van der Waals surface area contributed by atoms with Crippen LogP contribution in [0.3, 0.4) is 0 Å². The number of nitrogens with one attached hydrogen (secondary N) is 2. The van der Waals surface area contributed by atoms with Crippen molar-refractivity contribution < 1.29 is 9.59 Å². The van der Waals surface area contributed by atoms with E-state index in [9.17, 15) is 9.59 Å². The van der Waals surface area contributed by atoms with Gasteiger partial charge in [0.15, 0.2) is 0 Å². The molecule has 0 aliphatic carbocycles. The van der Waals surface area contributed by atoms with Crippen LogP contribution in [0.4, 0.5) is 0 Å². The van der Waals surface area contributed by atoms with Gasteiger partial charge in [-0.1, -0.05) is 5.11 Å². The summed E-state index contributed by atoms with van der Waals surface area (Å²) in [5.74, 6) is -0.153. The maximum absolute atomic E-state index is 11.1. The van der Waals surface area contributed by atoms with Crippen molar-refractivity contribution in [2.45, 2.75) is 32.2 Å². The van der Waals surface area contributed by atoms with E-state index in [4.69, 9.17) is 5.53 Å². The monoisotopic (exact) mass is 241 g/mol. The zero-order valence-electron chi connectivity index (χ0n) is 10.3. The summed E-state index contributed by atoms with van der Waals surface area (Å²) in [7, 11) is 1.76. The van der Waals surface area contributed by atoms with Crippen LogP contribution in [0.2, 0.25) is 0 Å². The van der Waals surface area contributed by atoms with Gasteiger partial charge >= 0.3 is 0 Å². The molecular weight excluding hydrogens is 222 g/mol. The molecule has 0 saturated heterocycles. The molecule has 0 fully saturated rings. The quantitative estimate of drug-likeness (QED) is 0.269. The number of likely N-dealkylation sites (N-methyl/N-ethyl adjacent to an activating group) is 1. The Morgan fingerprint density at radius 2 is 2.12 bits per heavy atom. The number of nitrogens with zero attached hydrogens (tertiary/aromatic N) is 3. The van der Waals surface area contributed by atoms with Crippen molar-refractivity contribution in [3.8, 4) is 0 Å². The molecule has 7 heteroatoms. The molecule has 0 aliphatic heterocycles. The molecule has 0 bridgehead atoms. The lowest BCUT2D eigenvalue weighted by molar-refractivity contribution is -0.120. The zero-order valence-corrected chi connectivity index (χ0v) is 10.3. The van der Waals surface area contributed by atoms with Gasteiger partial charge in [-0.25, -0.2) is 0 Å². The highest BCUT2D eigenvalue weighted by Crippen LogP contribution is 2.00. The van der Waals surface area contributed by atoms with Crippen molar-refractivity contribution in [2.24, 2.45) is 5.11 Å². The third-order valence-corrected chi connectivity index (χ3v) is 2.36. The van der Waals surface area contributed by atoms with E-state index >= 15 is 0 Å². The summed E-state index contributed by atoms with van der Waals surface area (Å²) in [6.45, 7) is 1.93. The van der Waals surface area contributed by atoms with Crippen LogP contribution in [-0.4, -0.2) is 37.9 Å². The molecule has 0 aromatic heterocycles. The minimum Gasteiger partial charge on any atom is -0.356 e. The molecule has 96 valence electrons. The van der Waals surface area contributed by atoms with Gasteiger partial charge < -0.3 is 10.6 Å². The van der Waals surface area contributed by atoms with Gasteiger partial charge in [-0.2, -0.15) is 0 Å². The molecule has 0 rings (SSSR count). The fourth-order valence-corrected chi connectivity index (χ4v) is 1.40. The molecule has 1 amide bonds. The molecular formula is C10H19N5O2. The van der Waals surface area contributed by atoms with Crippen LogP contribution < -0.4 is 10.6 Å². The van der Waals surface area contributed by atoms with Crippen molar-refractivity contribution in [1.29, 1.82) is 0 Å². The highest BCUT2D eigenvalue weighted by molar-refractivity contribution is 5.81. The van der Waals surface area contributed by atoms with Gasteiger partial charge in [-0.05, 0) is 38.8 Å². The van der Waals surface area contributed by atoms with Gasteiger partial charge in [0.25, 0.3) is 0 Å². The number of azide groups is 1. The van der Waals surface area contributed by atoms with Crippen LogP contribution >= 0.6 is 0 Å². The summed E-state index contributed by atoms with van der Waals surface area (Å²) in [5.41, 5.74) is 8.00. The second kappa shape index (κ2) is 9.62. The van der Waals surface area contributed by atoms with Gasteiger partial charge in [-0.15, -0.1) is 0 Å². The number of unbranched alkanes of at least 4 members (excludes halogenated alkanes) is 1. The molecule has 0 radical (unpaired) electrons. The van der Waals surface area contributed by atoms with E-state index in [-0.39, 0.29) is 24.3 Å². The maximum Gasteiger partial charge on any atom is 0.225 e. The summed E-state index contributed by atoms with van der Waals surface area (Å²) in [4.78, 5) is 24.6. The van der Waals surface area contributed by atoms with Crippen molar-refractivity contribution in [2.75, 3.05) is 20.1 Å². The van der Waals surface area contributed by atoms with Crippen molar-refractivity contribution in [1.82, 2.24) is 10.6 Å². The number of hydrogen-bond acceptors (Lipinski definition) is 4. The molecule has 0 spiro atoms. The molecule has 1 atom stereocenters. The molecule has 0 aromatic rings. The molecule has 1 unspecified atom stereocenters. The lowest BCUT2D eigenvalue weighted by Gasteiger charge is -2.12. The minimum absolute atomic E-state index is 0.103. The number of amides is 1. The fourth-order valence-electron chi connectivity index (χ4n) is 1.40. The Morgan fingerprint density at radius 3 is 2.65 bits per heavy atom. The van der Waals surface area contributed by atoms with Gasteiger partial charge in [0.1, 0.15) is 12.3 Å². The van der Waals surface area contributed by atoms with Crippen LogP contribution in [0.25, 0.3) is 10.4 Å². The first-order valence-electron chi connectivity index (χ1n) is 5.57. The Labute approximate surface area is 101 Å². The third kappa shape index (κ3) is 8.24. The Balaban J connectivity index is 3.54. The number of hydrogen-bond donors (Lipinski definition) is 2. The van der Waals surface area contributed by atoms with Crippen LogP contribution in [0.1, 0.15) is 26.2 Å². The van der Waals surface area contributed by atoms with Gasteiger partial charge in [0.05, 0.1) is 6.04 Å². The molecule has 17 heavy (non-hydrogen) atoms. The van der Waals surface area contributed by atoms with Gasteiger partial charge in [0.2, 0.25) is 5.91 Å². The first kappa shape index (κ1) is 15.4. The van der Waals surface area contributed by atoms with E-state index in [2.05, 4.69) is 20.7 Å². The Morgan fingerprint density at radius 1 is 1.41 bits per heavy atom. The van der Waals surface area contributed by atoms with E-state index in [0.717, 1.165) is 19.3 Å². The van der Waals surface area contributed by atoms with E-state index in [1.807, 2.05) is 0 Å². The summed E-state index contributed by atoms with van der Waals surface area (Å²) in [6, 6.07) is -0.103. The first-order chi connectivity index (χ1) is 8.11. The standard InChI is InChI=1S/C10H19N5O2/c1-8(16)9(12-2)5-3-4-6-13-10(17)7-14-15-11/h9,12H,3-7H2,1-2H3,(H,13,17). The number of carbonyl (C=O) groups is 2. The van der Waals surface area contributed by atoms with E-state index in [1.54, 1.807) is 14.0 Å².